The highest BCUT2D eigenvalue weighted by molar-refractivity contribution is 5.39. The van der Waals surface area contributed by atoms with Crippen LogP contribution in [-0.4, -0.2) is 18.2 Å². The number of rotatable bonds is 2. The molecule has 0 aromatic heterocycles. The Bertz CT molecular complexity index is 487. The molecule has 0 unspecified atom stereocenters. The zero-order valence-electron chi connectivity index (χ0n) is 11.5. The van der Waals surface area contributed by atoms with Crippen LogP contribution >= 0.6 is 0 Å². The maximum Gasteiger partial charge on any atom is 0.120 e. The summed E-state index contributed by atoms with van der Waals surface area (Å²) in [5.41, 5.74) is 1.04. The Morgan fingerprint density at radius 2 is 2.00 bits per heavy atom. The zero-order chi connectivity index (χ0) is 13.1. The molecule has 0 radical (unpaired) electrons. The van der Waals surface area contributed by atoms with E-state index in [0.717, 1.165) is 24.2 Å². The van der Waals surface area contributed by atoms with Gasteiger partial charge in [-0.1, -0.05) is 18.4 Å². The van der Waals surface area contributed by atoms with Crippen molar-refractivity contribution in [2.45, 2.75) is 57.2 Å². The summed E-state index contributed by atoms with van der Waals surface area (Å²) in [5, 5.41) is 3.70. The molecule has 3 rings (SSSR count). The van der Waals surface area contributed by atoms with Crippen molar-refractivity contribution in [3.63, 3.8) is 0 Å². The van der Waals surface area contributed by atoms with Gasteiger partial charge in [0.1, 0.15) is 11.9 Å². The number of benzene rings is 1. The molecule has 2 aliphatic rings. The molecule has 2 bridgehead atoms. The lowest BCUT2D eigenvalue weighted by Gasteiger charge is -2.40. The topological polar surface area (TPSA) is 21.3 Å². The number of nitrogens with one attached hydrogen (secondary N) is 1. The summed E-state index contributed by atoms with van der Waals surface area (Å²) in [5.74, 6) is 6.98. The molecule has 2 saturated heterocycles. The summed E-state index contributed by atoms with van der Waals surface area (Å²) in [4.78, 5) is 0. The van der Waals surface area contributed by atoms with Crippen molar-refractivity contribution in [2.75, 3.05) is 0 Å². The van der Waals surface area contributed by atoms with Crippen LogP contribution in [0, 0.1) is 11.8 Å². The largest absolute Gasteiger partial charge is 0.490 e. The van der Waals surface area contributed by atoms with Crippen LogP contribution < -0.4 is 10.1 Å². The van der Waals surface area contributed by atoms with Crippen LogP contribution in [0.1, 0.15) is 44.6 Å². The van der Waals surface area contributed by atoms with Gasteiger partial charge in [-0.15, -0.1) is 5.92 Å². The van der Waals surface area contributed by atoms with Gasteiger partial charge in [-0.25, -0.2) is 0 Å². The minimum absolute atomic E-state index is 0.362. The molecule has 1 aromatic rings. The van der Waals surface area contributed by atoms with Crippen molar-refractivity contribution in [1.29, 1.82) is 0 Å². The second-order valence-electron chi connectivity index (χ2n) is 5.61. The summed E-state index contributed by atoms with van der Waals surface area (Å²) in [6, 6.07) is 9.47. The molecule has 19 heavy (non-hydrogen) atoms. The van der Waals surface area contributed by atoms with Gasteiger partial charge in [0.05, 0.1) is 0 Å². The van der Waals surface area contributed by atoms with Gasteiger partial charge in [0.2, 0.25) is 0 Å². The number of ether oxygens (including phenoxy) is 1. The van der Waals surface area contributed by atoms with Crippen LogP contribution in [0.25, 0.3) is 0 Å². The molecule has 2 fully saturated rings. The first kappa shape index (κ1) is 12.6. The molecule has 1 N–H and O–H groups in total. The van der Waals surface area contributed by atoms with Crippen LogP contribution in [-0.2, 0) is 0 Å². The fourth-order valence-corrected chi connectivity index (χ4v) is 3.29. The van der Waals surface area contributed by atoms with E-state index in [1.165, 1.54) is 19.3 Å². The molecule has 1 aromatic carbocycles. The van der Waals surface area contributed by atoms with E-state index in [4.69, 9.17) is 4.74 Å². The zero-order valence-corrected chi connectivity index (χ0v) is 11.5. The Morgan fingerprint density at radius 1 is 1.21 bits per heavy atom. The third-order valence-corrected chi connectivity index (χ3v) is 4.08. The predicted octanol–water partition coefficient (Wildman–Crippen LogP) is 3.11. The maximum atomic E-state index is 6.17. The molecule has 0 aliphatic carbocycles. The minimum atomic E-state index is 0.362. The smallest absolute Gasteiger partial charge is 0.120 e. The van der Waals surface area contributed by atoms with E-state index in [1.54, 1.807) is 0 Å². The van der Waals surface area contributed by atoms with E-state index in [0.29, 0.717) is 18.2 Å². The molecule has 2 nitrogen and oxygen atoms in total. The minimum Gasteiger partial charge on any atom is -0.490 e. The molecule has 100 valence electrons. The Hall–Kier alpha value is -1.46. The lowest BCUT2D eigenvalue weighted by atomic mass is 9.85. The second kappa shape index (κ2) is 5.67. The van der Waals surface area contributed by atoms with E-state index >= 15 is 0 Å². The summed E-state index contributed by atoms with van der Waals surface area (Å²) in [7, 11) is 0. The van der Waals surface area contributed by atoms with Crippen LogP contribution in [0.4, 0.5) is 0 Å². The van der Waals surface area contributed by atoms with Gasteiger partial charge < -0.3 is 10.1 Å². The highest BCUT2D eigenvalue weighted by Crippen LogP contribution is 2.28. The SMILES string of the molecule is CC#Cc1cccc(OC2C[C@@H]3CCC[C@@H](C2)N3)c1. The molecular formula is C17H21NO. The van der Waals surface area contributed by atoms with Crippen molar-refractivity contribution in [1.82, 2.24) is 5.32 Å². The molecule has 0 saturated carbocycles. The van der Waals surface area contributed by atoms with Crippen LogP contribution in [0.2, 0.25) is 0 Å². The summed E-state index contributed by atoms with van der Waals surface area (Å²) in [6.07, 6.45) is 6.62. The van der Waals surface area contributed by atoms with Gasteiger partial charge in [-0.2, -0.15) is 0 Å². The third kappa shape index (κ3) is 3.11. The predicted molar refractivity (Wildman–Crippen MR) is 77.2 cm³/mol. The van der Waals surface area contributed by atoms with Crippen molar-refractivity contribution >= 4 is 0 Å². The van der Waals surface area contributed by atoms with Crippen molar-refractivity contribution in [2.24, 2.45) is 0 Å². The monoisotopic (exact) mass is 255 g/mol. The molecule has 0 spiro atoms. The van der Waals surface area contributed by atoms with E-state index < -0.39 is 0 Å². The van der Waals surface area contributed by atoms with Crippen LogP contribution in [0.15, 0.2) is 24.3 Å². The average molecular weight is 255 g/mol. The normalized spacial score (nSPS) is 29.2. The highest BCUT2D eigenvalue weighted by Gasteiger charge is 2.32. The molecule has 0 amide bonds. The first-order valence-corrected chi connectivity index (χ1v) is 7.29. The molecule has 2 atom stereocenters. The van der Waals surface area contributed by atoms with Crippen LogP contribution in [0.3, 0.4) is 0 Å². The fourth-order valence-electron chi connectivity index (χ4n) is 3.29. The first-order valence-electron chi connectivity index (χ1n) is 7.29. The standard InChI is InChI=1S/C17H21NO/c1-2-5-13-6-3-9-16(10-13)19-17-11-14-7-4-8-15(12-17)18-14/h3,6,9-10,14-15,17-18H,4,7-8,11-12H2,1H3/t14-,15-/m0/s1. The number of hydrogen-bond acceptors (Lipinski definition) is 2. The average Bonchev–Trinajstić information content (AvgIpc) is 2.39. The van der Waals surface area contributed by atoms with Gasteiger partial charge in [0.15, 0.2) is 0 Å². The molecule has 2 heteroatoms. The van der Waals surface area contributed by atoms with Gasteiger partial charge in [0, 0.05) is 17.6 Å². The number of fused-ring (bicyclic) bond motifs is 2. The van der Waals surface area contributed by atoms with Crippen molar-refractivity contribution in [3.05, 3.63) is 29.8 Å². The van der Waals surface area contributed by atoms with Crippen molar-refractivity contribution < 1.29 is 4.74 Å². The van der Waals surface area contributed by atoms with Gasteiger partial charge >= 0.3 is 0 Å². The Balaban J connectivity index is 1.67. The van der Waals surface area contributed by atoms with Crippen LogP contribution in [0.5, 0.6) is 5.75 Å². The van der Waals surface area contributed by atoms with E-state index in [9.17, 15) is 0 Å². The Labute approximate surface area is 115 Å². The van der Waals surface area contributed by atoms with E-state index in [2.05, 4.69) is 17.2 Å². The molecule has 2 aliphatic heterocycles. The van der Waals surface area contributed by atoms with Gasteiger partial charge in [-0.3, -0.25) is 0 Å². The Kier molecular flexibility index (Phi) is 3.75. The molecular weight excluding hydrogens is 234 g/mol. The summed E-state index contributed by atoms with van der Waals surface area (Å²) < 4.78 is 6.17. The van der Waals surface area contributed by atoms with E-state index in [-0.39, 0.29) is 0 Å². The number of hydrogen-bond donors (Lipinski definition) is 1. The second-order valence-corrected chi connectivity index (χ2v) is 5.61. The third-order valence-electron chi connectivity index (χ3n) is 4.08. The fraction of sp³-hybridized carbons (Fsp3) is 0.529. The van der Waals surface area contributed by atoms with Gasteiger partial charge in [-0.05, 0) is 50.8 Å². The summed E-state index contributed by atoms with van der Waals surface area (Å²) in [6.45, 7) is 1.86. The quantitative estimate of drug-likeness (QED) is 0.820. The number of piperidine rings is 2. The highest BCUT2D eigenvalue weighted by atomic mass is 16.5. The van der Waals surface area contributed by atoms with Gasteiger partial charge in [0.25, 0.3) is 0 Å². The maximum absolute atomic E-state index is 6.17. The lowest BCUT2D eigenvalue weighted by Crippen LogP contribution is -2.51. The Morgan fingerprint density at radius 3 is 2.74 bits per heavy atom. The lowest BCUT2D eigenvalue weighted by molar-refractivity contribution is 0.0927. The van der Waals surface area contributed by atoms with Crippen molar-refractivity contribution in [3.8, 4) is 17.6 Å². The molecule has 2 heterocycles. The van der Waals surface area contributed by atoms with E-state index in [1.807, 2.05) is 31.2 Å². The summed E-state index contributed by atoms with van der Waals surface area (Å²) >= 11 is 0. The first-order chi connectivity index (χ1) is 9.33.